The van der Waals surface area contributed by atoms with E-state index < -0.39 is 0 Å². The number of aryl methyl sites for hydroxylation is 1. The zero-order valence-electron chi connectivity index (χ0n) is 13.8. The van der Waals surface area contributed by atoms with Gasteiger partial charge in [0.05, 0.1) is 24.8 Å². The van der Waals surface area contributed by atoms with Crippen LogP contribution in [0.15, 0.2) is 71.0 Å². The Balaban J connectivity index is 1.69. The van der Waals surface area contributed by atoms with Crippen molar-refractivity contribution in [3.63, 3.8) is 0 Å². The molecule has 1 amide bonds. The van der Waals surface area contributed by atoms with Crippen LogP contribution in [0.25, 0.3) is 0 Å². The molecule has 0 saturated carbocycles. The second-order valence-electron chi connectivity index (χ2n) is 5.68. The van der Waals surface area contributed by atoms with Crippen LogP contribution in [-0.2, 0) is 11.3 Å². The summed E-state index contributed by atoms with van der Waals surface area (Å²) in [6.45, 7) is 0.607. The van der Waals surface area contributed by atoms with E-state index in [1.165, 1.54) is 0 Å². The van der Waals surface area contributed by atoms with E-state index in [-0.39, 0.29) is 5.91 Å². The molecule has 0 saturated heterocycles. The molecule has 0 atom stereocenters. The minimum Gasteiger partial charge on any atom is -0.497 e. The summed E-state index contributed by atoms with van der Waals surface area (Å²) >= 11 is 1.66. The molecule has 2 aromatic carbocycles. The van der Waals surface area contributed by atoms with Gasteiger partial charge >= 0.3 is 0 Å². The smallest absolute Gasteiger partial charge is 0.233 e. The highest BCUT2D eigenvalue weighted by Gasteiger charge is 2.28. The summed E-state index contributed by atoms with van der Waals surface area (Å²) in [4.78, 5) is 21.0. The van der Waals surface area contributed by atoms with Gasteiger partial charge in [-0.25, -0.2) is 4.98 Å². The lowest BCUT2D eigenvalue weighted by Gasteiger charge is -2.31. The Morgan fingerprint density at radius 2 is 2.00 bits per heavy atom. The Morgan fingerprint density at radius 3 is 2.80 bits per heavy atom. The van der Waals surface area contributed by atoms with Gasteiger partial charge in [-0.15, -0.1) is 0 Å². The Hall–Kier alpha value is -2.73. The predicted octanol–water partition coefficient (Wildman–Crippen LogP) is 4.11. The molecule has 0 unspecified atom stereocenters. The predicted molar refractivity (Wildman–Crippen MR) is 97.5 cm³/mol. The third kappa shape index (κ3) is 3.00. The lowest BCUT2D eigenvalue weighted by atomic mass is 10.2. The molecule has 0 spiro atoms. The summed E-state index contributed by atoms with van der Waals surface area (Å²) in [5.74, 6) is 0.851. The van der Waals surface area contributed by atoms with Crippen molar-refractivity contribution in [2.45, 2.75) is 22.8 Å². The Bertz CT molecular complexity index is 909. The third-order valence-electron chi connectivity index (χ3n) is 4.13. The van der Waals surface area contributed by atoms with E-state index in [0.717, 1.165) is 26.9 Å². The second kappa shape index (κ2) is 6.64. The van der Waals surface area contributed by atoms with Gasteiger partial charge in [0, 0.05) is 35.2 Å². The molecule has 1 aliphatic rings. The lowest BCUT2D eigenvalue weighted by Crippen LogP contribution is -2.29. The van der Waals surface area contributed by atoms with Gasteiger partial charge in [0.2, 0.25) is 5.91 Å². The number of hydrogen-bond acceptors (Lipinski definition) is 4. The van der Waals surface area contributed by atoms with Crippen molar-refractivity contribution in [3.05, 3.63) is 61.2 Å². The van der Waals surface area contributed by atoms with Gasteiger partial charge in [-0.3, -0.25) is 9.69 Å². The normalized spacial score (nSPS) is 12.4. The van der Waals surface area contributed by atoms with Gasteiger partial charge in [0.15, 0.2) is 0 Å². The van der Waals surface area contributed by atoms with Crippen molar-refractivity contribution in [1.82, 2.24) is 9.55 Å². The van der Waals surface area contributed by atoms with Crippen LogP contribution in [0.4, 0.5) is 11.4 Å². The fourth-order valence-electron chi connectivity index (χ4n) is 2.89. The molecule has 3 aromatic rings. The van der Waals surface area contributed by atoms with Crippen LogP contribution in [0.1, 0.15) is 6.42 Å². The highest BCUT2D eigenvalue weighted by molar-refractivity contribution is 7.99. The molecule has 0 bridgehead atoms. The molecule has 5 nitrogen and oxygen atoms in total. The Labute approximate surface area is 150 Å². The molecule has 6 heteroatoms. The van der Waals surface area contributed by atoms with Crippen LogP contribution in [0, 0.1) is 0 Å². The minimum atomic E-state index is 0.0628. The van der Waals surface area contributed by atoms with Crippen molar-refractivity contribution in [1.29, 1.82) is 0 Å². The highest BCUT2D eigenvalue weighted by atomic mass is 32.2. The molecule has 126 valence electrons. The van der Waals surface area contributed by atoms with Gasteiger partial charge in [-0.2, -0.15) is 0 Å². The molecule has 25 heavy (non-hydrogen) atoms. The fraction of sp³-hybridized carbons (Fsp3) is 0.158. The highest BCUT2D eigenvalue weighted by Crippen LogP contribution is 2.49. The fourth-order valence-corrected chi connectivity index (χ4v) is 3.97. The van der Waals surface area contributed by atoms with E-state index in [2.05, 4.69) is 4.98 Å². The third-order valence-corrected chi connectivity index (χ3v) is 5.24. The van der Waals surface area contributed by atoms with Crippen molar-refractivity contribution >= 4 is 29.0 Å². The molecule has 2 heterocycles. The Kier molecular flexibility index (Phi) is 4.19. The average molecular weight is 351 g/mol. The van der Waals surface area contributed by atoms with E-state index in [9.17, 15) is 4.79 Å². The van der Waals surface area contributed by atoms with E-state index in [0.29, 0.717) is 13.0 Å². The number of methoxy groups -OCH3 is 1. The second-order valence-corrected chi connectivity index (χ2v) is 6.77. The number of para-hydroxylation sites is 1. The van der Waals surface area contributed by atoms with Crippen molar-refractivity contribution in [2.75, 3.05) is 12.0 Å². The zero-order valence-corrected chi connectivity index (χ0v) is 14.6. The molecule has 4 rings (SSSR count). The number of amides is 1. The number of nitrogens with zero attached hydrogens (tertiary/aromatic N) is 3. The average Bonchev–Trinajstić information content (AvgIpc) is 3.17. The first-order valence-corrected chi connectivity index (χ1v) is 8.81. The summed E-state index contributed by atoms with van der Waals surface area (Å²) in [5, 5.41) is 0. The quantitative estimate of drug-likeness (QED) is 0.710. The summed E-state index contributed by atoms with van der Waals surface area (Å²) in [6, 6.07) is 13.8. The number of carbonyl (C=O) groups is 1. The topological polar surface area (TPSA) is 47.4 Å². The maximum atomic E-state index is 13.0. The number of carbonyl (C=O) groups excluding carboxylic acids is 1. The molecule has 0 N–H and O–H groups in total. The van der Waals surface area contributed by atoms with Crippen molar-refractivity contribution in [2.24, 2.45) is 0 Å². The summed E-state index contributed by atoms with van der Waals surface area (Å²) < 4.78 is 7.25. The van der Waals surface area contributed by atoms with Crippen LogP contribution >= 0.6 is 11.8 Å². The molecular weight excluding hydrogens is 334 g/mol. The number of anilines is 2. The maximum Gasteiger partial charge on any atom is 0.233 e. The zero-order chi connectivity index (χ0) is 17.2. The number of rotatable bonds is 4. The van der Waals surface area contributed by atoms with E-state index in [4.69, 9.17) is 4.74 Å². The first-order chi connectivity index (χ1) is 12.3. The number of ether oxygens (including phenoxy) is 1. The van der Waals surface area contributed by atoms with E-state index in [1.807, 2.05) is 58.1 Å². The molecular formula is C19H17N3O2S. The number of hydrogen-bond donors (Lipinski definition) is 0. The number of benzene rings is 2. The van der Waals surface area contributed by atoms with Gasteiger partial charge in [0.25, 0.3) is 0 Å². The van der Waals surface area contributed by atoms with Crippen molar-refractivity contribution < 1.29 is 9.53 Å². The van der Waals surface area contributed by atoms with Crippen LogP contribution in [-0.4, -0.2) is 22.6 Å². The van der Waals surface area contributed by atoms with E-state index >= 15 is 0 Å². The van der Waals surface area contributed by atoms with Gasteiger partial charge in [-0.05, 0) is 30.3 Å². The Morgan fingerprint density at radius 1 is 1.16 bits per heavy atom. The summed E-state index contributed by atoms with van der Waals surface area (Å²) in [5.41, 5.74) is 1.83. The van der Waals surface area contributed by atoms with Crippen LogP contribution in [0.3, 0.4) is 0 Å². The first kappa shape index (κ1) is 15.8. The van der Waals surface area contributed by atoms with E-state index in [1.54, 1.807) is 31.4 Å². The van der Waals surface area contributed by atoms with Gasteiger partial charge in [-0.1, -0.05) is 23.9 Å². The van der Waals surface area contributed by atoms with Crippen LogP contribution in [0.2, 0.25) is 0 Å². The number of aromatic nitrogens is 2. The standard InChI is InChI=1S/C19H17N3O2S/c1-24-14-6-7-16-18(12-14)25-17-5-3-2-4-15(17)22(16)19(23)8-10-21-11-9-20-13-21/h2-7,9,11-13H,8,10H2,1H3. The van der Waals surface area contributed by atoms with Crippen molar-refractivity contribution in [3.8, 4) is 5.75 Å². The van der Waals surface area contributed by atoms with Gasteiger partial charge < -0.3 is 9.30 Å². The summed E-state index contributed by atoms with van der Waals surface area (Å²) in [6.07, 6.45) is 5.72. The monoisotopic (exact) mass is 351 g/mol. The molecule has 0 aliphatic carbocycles. The van der Waals surface area contributed by atoms with Crippen LogP contribution < -0.4 is 9.64 Å². The molecule has 1 aliphatic heterocycles. The SMILES string of the molecule is COc1ccc2c(c1)Sc1ccccc1N2C(=O)CCn1ccnc1. The lowest BCUT2D eigenvalue weighted by molar-refractivity contribution is -0.118. The van der Waals surface area contributed by atoms with Crippen LogP contribution in [0.5, 0.6) is 5.75 Å². The molecule has 0 radical (unpaired) electrons. The molecule has 0 fully saturated rings. The first-order valence-electron chi connectivity index (χ1n) is 8.00. The number of fused-ring (bicyclic) bond motifs is 2. The largest absolute Gasteiger partial charge is 0.497 e. The van der Waals surface area contributed by atoms with Gasteiger partial charge in [0.1, 0.15) is 5.75 Å². The number of imidazole rings is 1. The molecule has 1 aromatic heterocycles. The maximum absolute atomic E-state index is 13.0. The minimum absolute atomic E-state index is 0.0628. The summed E-state index contributed by atoms with van der Waals surface area (Å²) in [7, 11) is 1.65.